The molecule has 2 aromatic heterocycles. The Bertz CT molecular complexity index is 766. The highest BCUT2D eigenvalue weighted by Crippen LogP contribution is 2.42. The topological polar surface area (TPSA) is 75.4 Å². The molecule has 6 nitrogen and oxygen atoms in total. The molecule has 2 aromatic rings. The second kappa shape index (κ2) is 4.67. The zero-order chi connectivity index (χ0) is 15.3. The van der Waals surface area contributed by atoms with Gasteiger partial charge in [0.05, 0.1) is 12.2 Å². The zero-order valence-corrected chi connectivity index (χ0v) is 12.9. The minimum atomic E-state index is -0.889. The molecule has 7 heteroatoms. The Morgan fingerprint density at radius 1 is 1.50 bits per heavy atom. The lowest BCUT2D eigenvalue weighted by Gasteiger charge is -2.31. The molecule has 1 fully saturated rings. The van der Waals surface area contributed by atoms with Crippen LogP contribution in [0.1, 0.15) is 34.7 Å². The summed E-state index contributed by atoms with van der Waals surface area (Å²) in [4.78, 5) is 27.7. The Kier molecular flexibility index (Phi) is 2.87. The fraction of sp³-hybridized carbons (Fsp3) is 0.400. The van der Waals surface area contributed by atoms with E-state index in [2.05, 4.69) is 10.5 Å². The molecule has 3 amide bonds. The summed E-state index contributed by atoms with van der Waals surface area (Å²) in [6.45, 7) is 1.92. The molecule has 1 saturated heterocycles. The molecule has 3 heterocycles. The van der Waals surface area contributed by atoms with E-state index in [0.29, 0.717) is 12.2 Å². The lowest BCUT2D eigenvalue weighted by atomic mass is 9.80. The van der Waals surface area contributed by atoms with Crippen molar-refractivity contribution in [2.24, 2.45) is 0 Å². The number of carbonyl (C=O) groups is 2. The van der Waals surface area contributed by atoms with Crippen molar-refractivity contribution >= 4 is 23.3 Å². The van der Waals surface area contributed by atoms with Gasteiger partial charge in [-0.05, 0) is 37.6 Å². The fourth-order valence-electron chi connectivity index (χ4n) is 3.33. The van der Waals surface area contributed by atoms with E-state index in [9.17, 15) is 9.59 Å². The summed E-state index contributed by atoms with van der Waals surface area (Å²) < 4.78 is 5.13. The van der Waals surface area contributed by atoms with Gasteiger partial charge in [-0.15, -0.1) is 11.3 Å². The minimum Gasteiger partial charge on any atom is -0.359 e. The number of urea groups is 1. The van der Waals surface area contributed by atoms with Gasteiger partial charge in [-0.3, -0.25) is 9.69 Å². The number of rotatable bonds is 2. The molecule has 0 radical (unpaired) electrons. The molecular weight excluding hydrogens is 302 g/mol. The van der Waals surface area contributed by atoms with Crippen molar-refractivity contribution in [2.75, 3.05) is 0 Å². The molecular formula is C15H15N3O3S. The standard InChI is InChI=1S/C15H15N3O3S/c1-9-7-10(21-17-9)8-18-13(19)15(16-14(18)20)5-2-3-12-11(15)4-6-22-12/h4,6-7H,2-3,5,8H2,1H3,(H,16,20)/t15-/m0/s1. The molecule has 0 bridgehead atoms. The highest BCUT2D eigenvalue weighted by Gasteiger charge is 2.54. The van der Waals surface area contributed by atoms with Crippen molar-refractivity contribution in [1.29, 1.82) is 0 Å². The number of fused-ring (bicyclic) bond motifs is 2. The van der Waals surface area contributed by atoms with Crippen LogP contribution in [0.5, 0.6) is 0 Å². The zero-order valence-electron chi connectivity index (χ0n) is 12.1. The van der Waals surface area contributed by atoms with Gasteiger partial charge in [-0.1, -0.05) is 5.16 Å². The van der Waals surface area contributed by atoms with Crippen molar-refractivity contribution in [2.45, 2.75) is 38.3 Å². The normalized spacial score (nSPS) is 24.0. The van der Waals surface area contributed by atoms with Crippen molar-refractivity contribution in [3.63, 3.8) is 0 Å². The van der Waals surface area contributed by atoms with Crippen LogP contribution in [0.4, 0.5) is 4.79 Å². The van der Waals surface area contributed by atoms with Gasteiger partial charge in [0.15, 0.2) is 5.76 Å². The third-order valence-electron chi connectivity index (χ3n) is 4.33. The molecule has 0 saturated carbocycles. The summed E-state index contributed by atoms with van der Waals surface area (Å²) in [6, 6.07) is 3.33. The van der Waals surface area contributed by atoms with Gasteiger partial charge >= 0.3 is 6.03 Å². The maximum atomic E-state index is 12.9. The number of aromatic nitrogens is 1. The second-order valence-electron chi connectivity index (χ2n) is 5.77. The van der Waals surface area contributed by atoms with Gasteiger partial charge in [0.1, 0.15) is 5.54 Å². The summed E-state index contributed by atoms with van der Waals surface area (Å²) >= 11 is 1.65. The first-order valence-electron chi connectivity index (χ1n) is 7.23. The van der Waals surface area contributed by atoms with E-state index in [1.807, 2.05) is 11.4 Å². The molecule has 1 spiro atoms. The molecule has 0 unspecified atom stereocenters. The average molecular weight is 317 g/mol. The Hall–Kier alpha value is -2.15. The molecule has 2 aliphatic rings. The Morgan fingerprint density at radius 3 is 3.14 bits per heavy atom. The van der Waals surface area contributed by atoms with E-state index in [1.165, 1.54) is 9.78 Å². The highest BCUT2D eigenvalue weighted by atomic mass is 32.1. The molecule has 1 N–H and O–H groups in total. The van der Waals surface area contributed by atoms with Gasteiger partial charge in [-0.25, -0.2) is 4.79 Å². The number of carbonyl (C=O) groups excluding carboxylic acids is 2. The summed E-state index contributed by atoms with van der Waals surface area (Å²) in [5.74, 6) is 0.324. The van der Waals surface area contributed by atoms with Gasteiger partial charge in [0.25, 0.3) is 5.91 Å². The van der Waals surface area contributed by atoms with E-state index >= 15 is 0 Å². The van der Waals surface area contributed by atoms with E-state index in [4.69, 9.17) is 4.52 Å². The van der Waals surface area contributed by atoms with Crippen molar-refractivity contribution in [3.05, 3.63) is 39.4 Å². The second-order valence-corrected chi connectivity index (χ2v) is 6.77. The van der Waals surface area contributed by atoms with E-state index < -0.39 is 5.54 Å². The summed E-state index contributed by atoms with van der Waals surface area (Å²) in [6.07, 6.45) is 2.52. The van der Waals surface area contributed by atoms with Crippen LogP contribution in [0, 0.1) is 6.92 Å². The number of hydrogen-bond acceptors (Lipinski definition) is 5. The molecule has 22 heavy (non-hydrogen) atoms. The first-order chi connectivity index (χ1) is 10.6. The maximum absolute atomic E-state index is 12.9. The van der Waals surface area contributed by atoms with Crippen LogP contribution >= 0.6 is 11.3 Å². The molecule has 114 valence electrons. The van der Waals surface area contributed by atoms with Gasteiger partial charge < -0.3 is 9.84 Å². The maximum Gasteiger partial charge on any atom is 0.325 e. The predicted octanol–water partition coefficient (Wildman–Crippen LogP) is 2.33. The van der Waals surface area contributed by atoms with Crippen molar-refractivity contribution < 1.29 is 14.1 Å². The van der Waals surface area contributed by atoms with E-state index in [1.54, 1.807) is 24.3 Å². The van der Waals surface area contributed by atoms with E-state index in [-0.39, 0.29) is 18.5 Å². The van der Waals surface area contributed by atoms with Crippen LogP contribution in [-0.2, 0) is 23.3 Å². The lowest BCUT2D eigenvalue weighted by molar-refractivity contribution is -0.132. The van der Waals surface area contributed by atoms with Crippen molar-refractivity contribution in [1.82, 2.24) is 15.4 Å². The number of nitrogens with one attached hydrogen (secondary N) is 1. The largest absolute Gasteiger partial charge is 0.359 e. The van der Waals surface area contributed by atoms with Crippen LogP contribution in [0.3, 0.4) is 0 Å². The lowest BCUT2D eigenvalue weighted by Crippen LogP contribution is -2.45. The van der Waals surface area contributed by atoms with Gasteiger partial charge in [-0.2, -0.15) is 0 Å². The number of aryl methyl sites for hydroxylation is 2. The molecule has 1 aliphatic carbocycles. The molecule has 1 aliphatic heterocycles. The van der Waals surface area contributed by atoms with Crippen LogP contribution in [0.25, 0.3) is 0 Å². The number of imide groups is 1. The van der Waals surface area contributed by atoms with Crippen LogP contribution in [-0.4, -0.2) is 22.0 Å². The number of thiophene rings is 1. The predicted molar refractivity (Wildman–Crippen MR) is 79.3 cm³/mol. The monoisotopic (exact) mass is 317 g/mol. The fourth-order valence-corrected chi connectivity index (χ4v) is 4.33. The Labute approximate surface area is 131 Å². The SMILES string of the molecule is Cc1cc(CN2C(=O)N[C@]3(CCCc4sccc43)C2=O)on1. The summed E-state index contributed by atoms with van der Waals surface area (Å²) in [7, 11) is 0. The summed E-state index contributed by atoms with van der Waals surface area (Å²) in [5, 5.41) is 8.70. The van der Waals surface area contributed by atoms with Crippen LogP contribution in [0.15, 0.2) is 22.0 Å². The molecule has 0 aromatic carbocycles. The molecule has 1 atom stereocenters. The van der Waals surface area contributed by atoms with E-state index in [0.717, 1.165) is 24.1 Å². The van der Waals surface area contributed by atoms with Crippen molar-refractivity contribution in [3.8, 4) is 0 Å². The Morgan fingerprint density at radius 2 is 2.36 bits per heavy atom. The third kappa shape index (κ3) is 1.81. The van der Waals surface area contributed by atoms with Gasteiger partial charge in [0, 0.05) is 16.5 Å². The molecule has 4 rings (SSSR count). The first-order valence-corrected chi connectivity index (χ1v) is 8.11. The summed E-state index contributed by atoms with van der Waals surface area (Å²) in [5.41, 5.74) is 0.799. The smallest absolute Gasteiger partial charge is 0.325 e. The number of amides is 3. The minimum absolute atomic E-state index is 0.118. The third-order valence-corrected chi connectivity index (χ3v) is 5.31. The highest BCUT2D eigenvalue weighted by molar-refractivity contribution is 7.10. The number of nitrogens with zero attached hydrogens (tertiary/aromatic N) is 2. The Balaban J connectivity index is 1.68. The number of hydrogen-bond donors (Lipinski definition) is 1. The quantitative estimate of drug-likeness (QED) is 0.863. The van der Waals surface area contributed by atoms with Crippen LogP contribution in [0.2, 0.25) is 0 Å². The average Bonchev–Trinajstić information content (AvgIpc) is 3.17. The first kappa shape index (κ1) is 13.5. The van der Waals surface area contributed by atoms with Gasteiger partial charge in [0.2, 0.25) is 0 Å². The van der Waals surface area contributed by atoms with Crippen LogP contribution < -0.4 is 5.32 Å².